The first-order chi connectivity index (χ1) is 27.1. The van der Waals surface area contributed by atoms with Crippen LogP contribution in [0.1, 0.15) is 17.5 Å². The molecule has 0 radical (unpaired) electrons. The van der Waals surface area contributed by atoms with Gasteiger partial charge in [0, 0.05) is 43.0 Å². The fraction of sp³-hybridized carbons (Fsp3) is 0.225. The van der Waals surface area contributed by atoms with E-state index in [4.69, 9.17) is 9.47 Å². The van der Waals surface area contributed by atoms with Crippen molar-refractivity contribution in [2.75, 3.05) is 37.1 Å². The molecule has 4 aromatic carbocycles. The number of amides is 4. The molecule has 0 aliphatic rings. The molecule has 1 unspecified atom stereocenters. The Kier molecular flexibility index (Phi) is 15.4. The lowest BCUT2D eigenvalue weighted by molar-refractivity contribution is -0.120. The van der Waals surface area contributed by atoms with Gasteiger partial charge in [0.25, 0.3) is 0 Å². The Bertz CT molecular complexity index is 2130. The van der Waals surface area contributed by atoms with Gasteiger partial charge in [0.15, 0.2) is 0 Å². The zero-order valence-corrected chi connectivity index (χ0v) is 31.8. The molecule has 0 bridgehead atoms. The molecule has 0 spiro atoms. The molecule has 302 valence electrons. The molecule has 0 aromatic heterocycles. The van der Waals surface area contributed by atoms with E-state index in [0.717, 1.165) is 29.2 Å². The summed E-state index contributed by atoms with van der Waals surface area (Å²) in [6, 6.07) is 12.5. The van der Waals surface area contributed by atoms with Crippen molar-refractivity contribution < 1.29 is 49.8 Å². The van der Waals surface area contributed by atoms with E-state index in [1.807, 2.05) is 0 Å². The first kappa shape index (κ1) is 43.5. The quantitative estimate of drug-likeness (QED) is 0.0809. The Morgan fingerprint density at radius 2 is 1.12 bits per heavy atom. The molecular weight excluding hydrogens is 771 g/mol. The SMILES string of the molecule is C=CCCN(C(=O)C(Cc1cc(F)cc(F)c1)NC(=O)NS(=O)(=O)N[C@@H](Cc1cc(F)cc(F)c1)C(=O)N(CC=C)c1ccc(OC)cc1)c1ccc(OC)cc1. The van der Waals surface area contributed by atoms with Gasteiger partial charge < -0.3 is 24.6 Å². The van der Waals surface area contributed by atoms with Crippen molar-refractivity contribution in [2.45, 2.75) is 31.3 Å². The van der Waals surface area contributed by atoms with Crippen molar-refractivity contribution in [3.8, 4) is 11.5 Å². The number of methoxy groups -OCH3 is 2. The highest BCUT2D eigenvalue weighted by atomic mass is 32.2. The molecule has 0 saturated heterocycles. The summed E-state index contributed by atoms with van der Waals surface area (Å²) in [6.07, 6.45) is 2.13. The van der Waals surface area contributed by atoms with Crippen LogP contribution < -0.4 is 34.0 Å². The highest BCUT2D eigenvalue weighted by Crippen LogP contribution is 2.23. The van der Waals surface area contributed by atoms with Crippen LogP contribution in [0.5, 0.6) is 11.5 Å². The predicted molar refractivity (Wildman–Crippen MR) is 207 cm³/mol. The van der Waals surface area contributed by atoms with Crippen molar-refractivity contribution in [1.82, 2.24) is 14.8 Å². The minimum absolute atomic E-state index is 0.0423. The van der Waals surface area contributed by atoms with E-state index in [9.17, 15) is 40.4 Å². The lowest BCUT2D eigenvalue weighted by Gasteiger charge is -2.29. The molecule has 4 amide bonds. The van der Waals surface area contributed by atoms with Gasteiger partial charge in [0.2, 0.25) is 11.8 Å². The topological polar surface area (TPSA) is 146 Å². The molecule has 0 heterocycles. The zero-order chi connectivity index (χ0) is 41.7. The van der Waals surface area contributed by atoms with Crippen LogP contribution in [-0.4, -0.2) is 65.7 Å². The van der Waals surface area contributed by atoms with Gasteiger partial charge in [-0.3, -0.25) is 9.59 Å². The van der Waals surface area contributed by atoms with Crippen LogP contribution in [0.15, 0.2) is 110 Å². The molecule has 57 heavy (non-hydrogen) atoms. The highest BCUT2D eigenvalue weighted by Gasteiger charge is 2.33. The minimum atomic E-state index is -5.02. The van der Waals surface area contributed by atoms with Gasteiger partial charge >= 0.3 is 16.2 Å². The second-order valence-electron chi connectivity index (χ2n) is 12.5. The molecule has 2 atom stereocenters. The maximum absolute atomic E-state index is 14.2. The number of urea groups is 1. The highest BCUT2D eigenvalue weighted by molar-refractivity contribution is 7.88. The average molecular weight is 812 g/mol. The number of anilines is 2. The van der Waals surface area contributed by atoms with E-state index in [-0.39, 0.29) is 36.3 Å². The first-order valence-electron chi connectivity index (χ1n) is 17.3. The van der Waals surface area contributed by atoms with Gasteiger partial charge in [0.05, 0.1) is 14.2 Å². The molecule has 17 heteroatoms. The maximum Gasteiger partial charge on any atom is 0.330 e. The minimum Gasteiger partial charge on any atom is -0.497 e. The summed E-state index contributed by atoms with van der Waals surface area (Å²) >= 11 is 0. The average Bonchev–Trinajstić information content (AvgIpc) is 3.15. The number of benzene rings is 4. The Balaban J connectivity index is 1.66. The monoisotopic (exact) mass is 811 g/mol. The van der Waals surface area contributed by atoms with Crippen LogP contribution in [-0.2, 0) is 32.6 Å². The van der Waals surface area contributed by atoms with Gasteiger partial charge in [-0.1, -0.05) is 12.2 Å². The molecular formula is C40H41F4N5O7S. The number of carbonyl (C=O) groups excluding carboxylic acids is 3. The number of hydrogen-bond donors (Lipinski definition) is 3. The van der Waals surface area contributed by atoms with Crippen molar-refractivity contribution in [3.05, 3.63) is 145 Å². The maximum atomic E-state index is 14.2. The van der Waals surface area contributed by atoms with Crippen molar-refractivity contribution in [1.29, 1.82) is 0 Å². The van der Waals surface area contributed by atoms with Gasteiger partial charge in [-0.25, -0.2) is 27.1 Å². The summed E-state index contributed by atoms with van der Waals surface area (Å²) in [5, 5.41) is 2.28. The molecule has 4 rings (SSSR count). The molecule has 0 saturated carbocycles. The van der Waals surface area contributed by atoms with Gasteiger partial charge in [-0.2, -0.15) is 13.1 Å². The fourth-order valence-electron chi connectivity index (χ4n) is 5.77. The van der Waals surface area contributed by atoms with Gasteiger partial charge in [0.1, 0.15) is 46.9 Å². The molecule has 0 aliphatic carbocycles. The summed E-state index contributed by atoms with van der Waals surface area (Å²) in [6.45, 7) is 7.25. The Morgan fingerprint density at radius 3 is 1.56 bits per heavy atom. The Hall–Kier alpha value is -6.20. The molecule has 0 aliphatic heterocycles. The summed E-state index contributed by atoms with van der Waals surface area (Å²) in [5.41, 5.74) is 0.497. The van der Waals surface area contributed by atoms with E-state index in [1.165, 1.54) is 37.3 Å². The van der Waals surface area contributed by atoms with Crippen LogP contribution in [0.4, 0.5) is 33.7 Å². The van der Waals surface area contributed by atoms with Crippen LogP contribution in [0.25, 0.3) is 0 Å². The van der Waals surface area contributed by atoms with Crippen molar-refractivity contribution in [3.63, 3.8) is 0 Å². The number of ether oxygens (including phenoxy) is 2. The van der Waals surface area contributed by atoms with Gasteiger partial charge in [-0.15, -0.1) is 13.2 Å². The predicted octanol–water partition coefficient (Wildman–Crippen LogP) is 5.74. The first-order valence-corrected chi connectivity index (χ1v) is 18.8. The number of hydrogen-bond acceptors (Lipinski definition) is 7. The molecule has 0 fully saturated rings. The smallest absolute Gasteiger partial charge is 0.330 e. The summed E-state index contributed by atoms with van der Waals surface area (Å²) in [5.74, 6) is -4.63. The number of nitrogens with zero attached hydrogens (tertiary/aromatic N) is 2. The molecule has 3 N–H and O–H groups in total. The van der Waals surface area contributed by atoms with E-state index < -0.39 is 76.2 Å². The third-order valence-electron chi connectivity index (χ3n) is 8.32. The number of carbonyl (C=O) groups is 3. The second-order valence-corrected chi connectivity index (χ2v) is 13.9. The van der Waals surface area contributed by atoms with Gasteiger partial charge in [-0.05, 0) is 96.8 Å². The third kappa shape index (κ3) is 12.7. The second kappa shape index (κ2) is 20.1. The molecule has 12 nitrogen and oxygen atoms in total. The third-order valence-corrected chi connectivity index (χ3v) is 9.37. The van der Waals surface area contributed by atoms with Crippen LogP contribution in [0.2, 0.25) is 0 Å². The molecule has 4 aromatic rings. The Morgan fingerprint density at radius 1 is 0.684 bits per heavy atom. The fourth-order valence-corrected chi connectivity index (χ4v) is 6.69. The van der Waals surface area contributed by atoms with E-state index in [1.54, 1.807) is 47.2 Å². The van der Waals surface area contributed by atoms with Crippen LogP contribution in [0, 0.1) is 23.3 Å². The van der Waals surface area contributed by atoms with Crippen molar-refractivity contribution in [2.24, 2.45) is 0 Å². The lowest BCUT2D eigenvalue weighted by atomic mass is 10.0. The summed E-state index contributed by atoms with van der Waals surface area (Å²) in [4.78, 5) is 44.1. The summed E-state index contributed by atoms with van der Waals surface area (Å²) < 4.78 is 98.2. The van der Waals surface area contributed by atoms with Crippen LogP contribution >= 0.6 is 0 Å². The van der Waals surface area contributed by atoms with Crippen LogP contribution in [0.3, 0.4) is 0 Å². The van der Waals surface area contributed by atoms with E-state index >= 15 is 0 Å². The lowest BCUT2D eigenvalue weighted by Crippen LogP contribution is -2.57. The van der Waals surface area contributed by atoms with E-state index in [0.29, 0.717) is 29.3 Å². The van der Waals surface area contributed by atoms with E-state index in [2.05, 4.69) is 23.2 Å². The van der Waals surface area contributed by atoms with Crippen molar-refractivity contribution >= 4 is 39.4 Å². The normalized spacial score (nSPS) is 12.1. The summed E-state index contributed by atoms with van der Waals surface area (Å²) in [7, 11) is -2.13. The Labute approximate surface area is 328 Å². The largest absolute Gasteiger partial charge is 0.497 e. The number of rotatable bonds is 19. The number of halogens is 4. The zero-order valence-electron chi connectivity index (χ0n) is 31.0. The standard InChI is InChI=1S/C40H41F4N5O7S/c1-5-7-17-49(33-10-14-35(56-4)15-11-33)38(50)36(22-26-18-28(41)24-29(42)19-26)45-40(52)47-57(53,54)46-37(23-27-20-30(43)25-31(44)21-27)39(51)48(16-6-2)32-8-12-34(55-3)13-9-32/h5-6,8-15,18-21,24-25,36-37,46H,1-2,7,16-17,22-23H2,3-4H3,(H2,45,47,52)/t36?,37-/m0/s1. The number of nitrogens with one attached hydrogen (secondary N) is 3.